The number of aryl methyl sites for hydroxylation is 1. The molecule has 0 aliphatic heterocycles. The Hall–Kier alpha value is -4.05. The van der Waals surface area contributed by atoms with Gasteiger partial charge in [-0.1, -0.05) is 66.7 Å². The van der Waals surface area contributed by atoms with Gasteiger partial charge >= 0.3 is 5.97 Å². The third-order valence-electron chi connectivity index (χ3n) is 7.14. The van der Waals surface area contributed by atoms with Crippen LogP contribution < -0.4 is 0 Å². The van der Waals surface area contributed by atoms with Crippen molar-refractivity contribution in [2.75, 3.05) is 6.61 Å². The van der Waals surface area contributed by atoms with Crippen molar-refractivity contribution in [1.29, 1.82) is 0 Å². The molecule has 0 aliphatic carbocycles. The van der Waals surface area contributed by atoms with E-state index in [0.29, 0.717) is 6.61 Å². The Bertz CT molecular complexity index is 1390. The molecule has 2 aromatic heterocycles. The van der Waals surface area contributed by atoms with Crippen molar-refractivity contribution in [3.63, 3.8) is 0 Å². The Morgan fingerprint density at radius 1 is 0.944 bits per heavy atom. The molecule has 3 aromatic carbocycles. The van der Waals surface area contributed by atoms with Crippen LogP contribution in [0.2, 0.25) is 0 Å². The Balaban J connectivity index is 1.72. The third-order valence-corrected chi connectivity index (χ3v) is 7.14. The number of H-pyrrole nitrogens is 1. The van der Waals surface area contributed by atoms with Gasteiger partial charge in [0.25, 0.3) is 0 Å². The summed E-state index contributed by atoms with van der Waals surface area (Å²) < 4.78 is 11.2. The highest BCUT2D eigenvalue weighted by Crippen LogP contribution is 2.49. The zero-order valence-electron chi connectivity index (χ0n) is 20.5. The SMILES string of the molecule is CCOC(=O)CC(c1ccc2occc2c1)(c1ccc[nH]1)C(CCc1ccccc1)c1ccccc1. The number of benzene rings is 3. The van der Waals surface area contributed by atoms with Gasteiger partial charge in [-0.3, -0.25) is 4.79 Å². The lowest BCUT2D eigenvalue weighted by Crippen LogP contribution is -2.39. The highest BCUT2D eigenvalue weighted by Gasteiger charge is 2.45. The van der Waals surface area contributed by atoms with Gasteiger partial charge in [-0.2, -0.15) is 0 Å². The lowest BCUT2D eigenvalue weighted by molar-refractivity contribution is -0.144. The van der Waals surface area contributed by atoms with Crippen molar-refractivity contribution in [3.8, 4) is 0 Å². The molecule has 2 heterocycles. The number of esters is 1. The molecule has 0 fully saturated rings. The maximum atomic E-state index is 13.3. The molecule has 0 bridgehead atoms. The van der Waals surface area contributed by atoms with Crippen LogP contribution in [0.5, 0.6) is 0 Å². The van der Waals surface area contributed by atoms with Gasteiger partial charge in [0.2, 0.25) is 0 Å². The number of carbonyl (C=O) groups excluding carboxylic acids is 1. The molecule has 1 N–H and O–H groups in total. The minimum Gasteiger partial charge on any atom is -0.466 e. The van der Waals surface area contributed by atoms with Crippen LogP contribution in [0.25, 0.3) is 11.0 Å². The van der Waals surface area contributed by atoms with Crippen LogP contribution in [0, 0.1) is 0 Å². The summed E-state index contributed by atoms with van der Waals surface area (Å²) in [6.07, 6.45) is 5.61. The van der Waals surface area contributed by atoms with Crippen LogP contribution in [0.4, 0.5) is 0 Å². The van der Waals surface area contributed by atoms with Gasteiger partial charge in [0.1, 0.15) is 5.58 Å². The van der Waals surface area contributed by atoms with Crippen molar-refractivity contribution >= 4 is 16.9 Å². The van der Waals surface area contributed by atoms with Crippen LogP contribution in [-0.4, -0.2) is 17.6 Å². The number of ether oxygens (including phenoxy) is 1. The minimum atomic E-state index is -0.669. The average Bonchev–Trinajstić information content (AvgIpc) is 3.62. The first-order valence-corrected chi connectivity index (χ1v) is 12.6. The van der Waals surface area contributed by atoms with Crippen LogP contribution in [0.15, 0.2) is 114 Å². The van der Waals surface area contributed by atoms with Gasteiger partial charge in [-0.05, 0) is 72.7 Å². The standard InChI is InChI=1S/C32H31NO3/c1-2-35-31(34)23-32(30-14-9-20-33-30,27-16-18-29-26(22-27)19-21-36-29)28(25-12-7-4-8-13-25)17-15-24-10-5-3-6-11-24/h3-14,16,18-22,28,33H,2,15,17,23H2,1H3. The number of furan rings is 1. The summed E-state index contributed by atoms with van der Waals surface area (Å²) in [5, 5.41) is 1.02. The fraction of sp³-hybridized carbons (Fsp3) is 0.219. The highest BCUT2D eigenvalue weighted by molar-refractivity contribution is 5.80. The predicted octanol–water partition coefficient (Wildman–Crippen LogP) is 7.42. The summed E-state index contributed by atoms with van der Waals surface area (Å²) in [7, 11) is 0. The number of nitrogens with one attached hydrogen (secondary N) is 1. The summed E-state index contributed by atoms with van der Waals surface area (Å²) in [4.78, 5) is 16.8. The quantitative estimate of drug-likeness (QED) is 0.213. The van der Waals surface area contributed by atoms with Crippen LogP contribution in [0.3, 0.4) is 0 Å². The first-order valence-electron chi connectivity index (χ1n) is 12.6. The van der Waals surface area contributed by atoms with E-state index in [9.17, 15) is 4.79 Å². The lowest BCUT2D eigenvalue weighted by atomic mass is 9.62. The molecule has 182 valence electrons. The predicted molar refractivity (Wildman–Crippen MR) is 143 cm³/mol. The van der Waals surface area contributed by atoms with Crippen molar-refractivity contribution in [2.45, 2.75) is 37.5 Å². The zero-order valence-corrected chi connectivity index (χ0v) is 20.5. The van der Waals surface area contributed by atoms with E-state index in [2.05, 4.69) is 71.7 Å². The second-order valence-corrected chi connectivity index (χ2v) is 9.20. The van der Waals surface area contributed by atoms with E-state index < -0.39 is 5.41 Å². The minimum absolute atomic E-state index is 0.00585. The number of carbonyl (C=O) groups is 1. The molecule has 4 nitrogen and oxygen atoms in total. The third kappa shape index (κ3) is 4.72. The molecule has 0 amide bonds. The first kappa shape index (κ1) is 23.7. The maximum Gasteiger partial charge on any atom is 0.307 e. The summed E-state index contributed by atoms with van der Waals surface area (Å²) in [5.41, 5.74) is 4.70. The Kier molecular flexibility index (Phi) is 7.03. The zero-order chi connectivity index (χ0) is 24.8. The fourth-order valence-corrected chi connectivity index (χ4v) is 5.50. The molecular weight excluding hydrogens is 446 g/mol. The van der Waals surface area contributed by atoms with Crippen LogP contribution >= 0.6 is 0 Å². The summed E-state index contributed by atoms with van der Waals surface area (Å²) in [5.74, 6) is -0.202. The molecule has 2 unspecified atom stereocenters. The monoisotopic (exact) mass is 477 g/mol. The first-order chi connectivity index (χ1) is 17.7. The van der Waals surface area contributed by atoms with Crippen molar-refractivity contribution in [1.82, 2.24) is 4.98 Å². The number of fused-ring (bicyclic) bond motifs is 1. The molecule has 0 aliphatic rings. The lowest BCUT2D eigenvalue weighted by Gasteiger charge is -2.41. The molecule has 5 aromatic rings. The van der Waals surface area contributed by atoms with E-state index >= 15 is 0 Å². The van der Waals surface area contributed by atoms with Crippen LogP contribution in [0.1, 0.15) is 48.1 Å². The fourth-order valence-electron chi connectivity index (χ4n) is 5.50. The normalized spacial score (nSPS) is 13.8. The van der Waals surface area contributed by atoms with E-state index in [1.807, 2.05) is 43.5 Å². The molecule has 2 atom stereocenters. The van der Waals surface area contributed by atoms with Gasteiger partial charge in [-0.25, -0.2) is 0 Å². The van der Waals surface area contributed by atoms with Gasteiger partial charge < -0.3 is 14.1 Å². The Morgan fingerprint density at radius 3 is 2.44 bits per heavy atom. The van der Waals surface area contributed by atoms with Gasteiger partial charge in [-0.15, -0.1) is 0 Å². The molecule has 0 saturated carbocycles. The highest BCUT2D eigenvalue weighted by atomic mass is 16.5. The summed E-state index contributed by atoms with van der Waals surface area (Å²) in [6.45, 7) is 2.20. The number of hydrogen-bond donors (Lipinski definition) is 1. The van der Waals surface area contributed by atoms with E-state index in [4.69, 9.17) is 9.15 Å². The average molecular weight is 478 g/mol. The number of hydrogen-bond acceptors (Lipinski definition) is 3. The van der Waals surface area contributed by atoms with E-state index in [1.54, 1.807) is 6.26 Å². The van der Waals surface area contributed by atoms with Gasteiger partial charge in [0.05, 0.1) is 24.7 Å². The van der Waals surface area contributed by atoms with E-state index in [0.717, 1.165) is 35.1 Å². The van der Waals surface area contributed by atoms with Gasteiger partial charge in [0.15, 0.2) is 0 Å². The summed E-state index contributed by atoms with van der Waals surface area (Å²) >= 11 is 0. The molecule has 36 heavy (non-hydrogen) atoms. The number of aromatic amines is 1. The molecule has 5 rings (SSSR count). The number of aromatic nitrogens is 1. The Labute approximate surface area is 211 Å². The Morgan fingerprint density at radius 2 is 1.72 bits per heavy atom. The molecule has 4 heteroatoms. The second kappa shape index (κ2) is 10.7. The van der Waals surface area contributed by atoms with Crippen molar-refractivity contribution < 1.29 is 13.9 Å². The van der Waals surface area contributed by atoms with Gasteiger partial charge in [0, 0.05) is 17.3 Å². The molecule has 0 saturated heterocycles. The van der Waals surface area contributed by atoms with Crippen molar-refractivity contribution in [2.24, 2.45) is 0 Å². The second-order valence-electron chi connectivity index (χ2n) is 9.20. The van der Waals surface area contributed by atoms with Crippen molar-refractivity contribution in [3.05, 3.63) is 132 Å². The van der Waals surface area contributed by atoms with Crippen LogP contribution in [-0.2, 0) is 21.4 Å². The number of rotatable bonds is 10. The largest absolute Gasteiger partial charge is 0.466 e. The van der Waals surface area contributed by atoms with E-state index in [-0.39, 0.29) is 18.3 Å². The smallest absolute Gasteiger partial charge is 0.307 e. The summed E-state index contributed by atoms with van der Waals surface area (Å²) in [6, 6.07) is 33.4. The molecule has 0 radical (unpaired) electrons. The maximum absolute atomic E-state index is 13.3. The topological polar surface area (TPSA) is 55.2 Å². The molecular formula is C32H31NO3. The van der Waals surface area contributed by atoms with E-state index in [1.165, 1.54) is 11.1 Å². The molecule has 0 spiro atoms.